The van der Waals surface area contributed by atoms with Gasteiger partial charge in [-0.3, -0.25) is 0 Å². The monoisotopic (exact) mass is 320 g/mol. The van der Waals surface area contributed by atoms with Crippen LogP contribution in [0.15, 0.2) is 36.4 Å². The first kappa shape index (κ1) is 14.0. The molecule has 0 bridgehead atoms. The van der Waals surface area contributed by atoms with Crippen LogP contribution in [-0.4, -0.2) is 19.2 Å². The number of anilines is 2. The van der Waals surface area contributed by atoms with Crippen LogP contribution in [-0.2, 0) is 0 Å². The first-order chi connectivity index (χ1) is 10.2. The molecule has 0 aliphatic heterocycles. The minimum atomic E-state index is 0.548. The van der Waals surface area contributed by atoms with E-state index in [1.807, 2.05) is 30.3 Å². The first-order valence-electron chi connectivity index (χ1n) is 6.26. The van der Waals surface area contributed by atoms with Gasteiger partial charge in [0.15, 0.2) is 5.13 Å². The molecule has 0 unspecified atom stereocenters. The average molecular weight is 321 g/mol. The van der Waals surface area contributed by atoms with Crippen LogP contribution in [0.25, 0.3) is 10.2 Å². The van der Waals surface area contributed by atoms with Gasteiger partial charge in [-0.05, 0) is 12.1 Å². The van der Waals surface area contributed by atoms with E-state index in [4.69, 9.17) is 21.1 Å². The van der Waals surface area contributed by atoms with Crippen LogP contribution in [0.1, 0.15) is 0 Å². The molecule has 1 aromatic heterocycles. The van der Waals surface area contributed by atoms with E-state index in [1.54, 1.807) is 20.3 Å². The van der Waals surface area contributed by atoms with Gasteiger partial charge < -0.3 is 14.8 Å². The highest BCUT2D eigenvalue weighted by Gasteiger charge is 2.17. The van der Waals surface area contributed by atoms with Crippen LogP contribution in [0.3, 0.4) is 0 Å². The molecule has 4 nitrogen and oxygen atoms in total. The predicted molar refractivity (Wildman–Crippen MR) is 87.5 cm³/mol. The van der Waals surface area contributed by atoms with Crippen LogP contribution in [0.4, 0.5) is 10.8 Å². The Morgan fingerprint density at radius 1 is 1.10 bits per heavy atom. The zero-order valence-corrected chi connectivity index (χ0v) is 13.1. The minimum absolute atomic E-state index is 0.548. The zero-order chi connectivity index (χ0) is 14.8. The number of nitrogens with zero attached hydrogens (tertiary/aromatic N) is 1. The first-order valence-corrected chi connectivity index (χ1v) is 7.45. The number of fused-ring (bicyclic) bond motifs is 1. The molecule has 0 amide bonds. The fourth-order valence-corrected chi connectivity index (χ4v) is 3.27. The lowest BCUT2D eigenvalue weighted by atomic mass is 10.3. The van der Waals surface area contributed by atoms with Gasteiger partial charge in [0.25, 0.3) is 0 Å². The van der Waals surface area contributed by atoms with Crippen LogP contribution < -0.4 is 14.8 Å². The van der Waals surface area contributed by atoms with Crippen molar-refractivity contribution in [2.24, 2.45) is 0 Å². The highest BCUT2D eigenvalue weighted by Crippen LogP contribution is 2.43. The maximum atomic E-state index is 6.35. The molecule has 0 fully saturated rings. The van der Waals surface area contributed by atoms with Gasteiger partial charge in [-0.25, -0.2) is 4.98 Å². The molecule has 1 N–H and O–H groups in total. The molecule has 0 radical (unpaired) electrons. The summed E-state index contributed by atoms with van der Waals surface area (Å²) < 4.78 is 11.5. The van der Waals surface area contributed by atoms with Crippen LogP contribution in [0.2, 0.25) is 5.02 Å². The molecule has 0 atom stereocenters. The van der Waals surface area contributed by atoms with E-state index >= 15 is 0 Å². The van der Waals surface area contributed by atoms with Crippen molar-refractivity contribution in [2.45, 2.75) is 0 Å². The Labute approximate surface area is 131 Å². The number of hydrogen-bond donors (Lipinski definition) is 1. The maximum absolute atomic E-state index is 6.35. The van der Waals surface area contributed by atoms with Crippen LogP contribution >= 0.6 is 22.9 Å². The van der Waals surface area contributed by atoms with Crippen molar-refractivity contribution in [3.8, 4) is 11.5 Å². The van der Waals surface area contributed by atoms with Crippen LogP contribution in [0.5, 0.6) is 11.5 Å². The van der Waals surface area contributed by atoms with E-state index in [-0.39, 0.29) is 0 Å². The van der Waals surface area contributed by atoms with Gasteiger partial charge in [0.1, 0.15) is 22.0 Å². The minimum Gasteiger partial charge on any atom is -0.495 e. The number of para-hydroxylation sites is 1. The third-order valence-corrected chi connectivity index (χ3v) is 4.48. The molecule has 2 aromatic carbocycles. The predicted octanol–water partition coefficient (Wildman–Crippen LogP) is 4.71. The van der Waals surface area contributed by atoms with Crippen molar-refractivity contribution in [1.29, 1.82) is 0 Å². The summed E-state index contributed by atoms with van der Waals surface area (Å²) in [5.74, 6) is 1.22. The number of ether oxygens (including phenoxy) is 2. The number of benzene rings is 2. The fourth-order valence-electron chi connectivity index (χ4n) is 2.00. The van der Waals surface area contributed by atoms with Crippen molar-refractivity contribution >= 4 is 44.0 Å². The second-order valence-corrected chi connectivity index (χ2v) is 5.66. The average Bonchev–Trinajstić information content (AvgIpc) is 2.93. The summed E-state index contributed by atoms with van der Waals surface area (Å²) in [6.45, 7) is 0. The summed E-state index contributed by atoms with van der Waals surface area (Å²) >= 11 is 7.81. The van der Waals surface area contributed by atoms with Crippen LogP contribution in [0, 0.1) is 0 Å². The van der Waals surface area contributed by atoms with Crippen molar-refractivity contribution < 1.29 is 9.47 Å². The summed E-state index contributed by atoms with van der Waals surface area (Å²) in [5.41, 5.74) is 1.70. The van der Waals surface area contributed by atoms with Crippen molar-refractivity contribution in [3.63, 3.8) is 0 Å². The second-order valence-electron chi connectivity index (χ2n) is 4.28. The quantitative estimate of drug-likeness (QED) is 0.756. The summed E-state index contributed by atoms with van der Waals surface area (Å²) in [4.78, 5) is 4.56. The number of halogens is 1. The van der Waals surface area contributed by atoms with Crippen molar-refractivity contribution in [2.75, 3.05) is 19.5 Å². The Balaban J connectivity index is 2.09. The molecule has 0 saturated heterocycles. The number of nitrogens with one attached hydrogen (secondary N) is 1. The lowest BCUT2D eigenvalue weighted by Gasteiger charge is -2.06. The van der Waals surface area contributed by atoms with Crippen molar-refractivity contribution in [1.82, 2.24) is 4.98 Å². The topological polar surface area (TPSA) is 43.4 Å². The van der Waals surface area contributed by atoms with E-state index in [9.17, 15) is 0 Å². The number of rotatable bonds is 4. The Bertz CT molecular complexity index is 774. The van der Waals surface area contributed by atoms with Gasteiger partial charge in [0.05, 0.1) is 18.9 Å². The molecule has 6 heteroatoms. The maximum Gasteiger partial charge on any atom is 0.188 e. The van der Waals surface area contributed by atoms with E-state index in [2.05, 4.69) is 10.3 Å². The molecule has 108 valence electrons. The molecule has 0 spiro atoms. The van der Waals surface area contributed by atoms with Gasteiger partial charge in [0.2, 0.25) is 0 Å². The second kappa shape index (κ2) is 5.79. The molecular formula is C15H13ClN2O2S. The molecule has 3 aromatic rings. The Kier molecular flexibility index (Phi) is 3.86. The summed E-state index contributed by atoms with van der Waals surface area (Å²) in [5, 5.41) is 4.56. The highest BCUT2D eigenvalue weighted by molar-refractivity contribution is 7.23. The summed E-state index contributed by atoms with van der Waals surface area (Å²) in [6, 6.07) is 11.6. The normalized spacial score (nSPS) is 10.6. The molecule has 0 saturated carbocycles. The smallest absolute Gasteiger partial charge is 0.188 e. The molecule has 3 rings (SSSR count). The third-order valence-electron chi connectivity index (χ3n) is 3.00. The fraction of sp³-hybridized carbons (Fsp3) is 0.133. The molecular weight excluding hydrogens is 308 g/mol. The van der Waals surface area contributed by atoms with E-state index in [0.717, 1.165) is 21.0 Å². The van der Waals surface area contributed by atoms with Gasteiger partial charge in [-0.1, -0.05) is 41.1 Å². The number of hydrogen-bond acceptors (Lipinski definition) is 5. The lowest BCUT2D eigenvalue weighted by Crippen LogP contribution is -1.90. The van der Waals surface area contributed by atoms with Gasteiger partial charge >= 0.3 is 0 Å². The van der Waals surface area contributed by atoms with Gasteiger partial charge in [0, 0.05) is 11.8 Å². The summed E-state index contributed by atoms with van der Waals surface area (Å²) in [7, 11) is 3.18. The van der Waals surface area contributed by atoms with E-state index in [1.165, 1.54) is 11.3 Å². The molecule has 0 aliphatic carbocycles. The lowest BCUT2D eigenvalue weighted by molar-refractivity contribution is 0.398. The summed E-state index contributed by atoms with van der Waals surface area (Å²) in [6.07, 6.45) is 0. The molecule has 0 aliphatic rings. The van der Waals surface area contributed by atoms with Gasteiger partial charge in [-0.15, -0.1) is 0 Å². The molecule has 21 heavy (non-hydrogen) atoms. The Morgan fingerprint density at radius 2 is 1.81 bits per heavy atom. The number of methoxy groups -OCH3 is 2. The number of thiazole rings is 1. The SMILES string of the molecule is COc1cc(OC)c2nc(Nc3ccccc3)sc2c1Cl. The number of aromatic nitrogens is 1. The Hall–Kier alpha value is -1.98. The zero-order valence-electron chi connectivity index (χ0n) is 11.5. The third kappa shape index (κ3) is 2.62. The largest absolute Gasteiger partial charge is 0.495 e. The van der Waals surface area contributed by atoms with Gasteiger partial charge in [-0.2, -0.15) is 0 Å². The Morgan fingerprint density at radius 3 is 2.48 bits per heavy atom. The van der Waals surface area contributed by atoms with E-state index in [0.29, 0.717) is 16.5 Å². The standard InChI is InChI=1S/C15H13ClN2O2S/c1-19-10-8-11(20-2)13-14(12(10)16)21-15(18-13)17-9-6-4-3-5-7-9/h3-8H,1-2H3,(H,17,18). The molecule has 1 heterocycles. The highest BCUT2D eigenvalue weighted by atomic mass is 35.5. The van der Waals surface area contributed by atoms with Crippen molar-refractivity contribution in [3.05, 3.63) is 41.4 Å². The van der Waals surface area contributed by atoms with E-state index < -0.39 is 0 Å².